The van der Waals surface area contributed by atoms with Crippen molar-refractivity contribution in [2.24, 2.45) is 5.92 Å². The van der Waals surface area contributed by atoms with E-state index in [0.717, 1.165) is 51.0 Å². The molecule has 1 atom stereocenters. The Balaban J connectivity index is 1.64. The molecule has 0 bridgehead atoms. The highest BCUT2D eigenvalue weighted by molar-refractivity contribution is 6.09. The summed E-state index contributed by atoms with van der Waals surface area (Å²) in [5.74, 6) is -0.499. The number of likely N-dealkylation sites (tertiary alicyclic amines) is 1. The fraction of sp³-hybridized carbons (Fsp3) is 0.458. The summed E-state index contributed by atoms with van der Waals surface area (Å²) < 4.78 is 40.8. The first-order valence-corrected chi connectivity index (χ1v) is 11.0. The number of carbonyl (C=O) groups excluding carboxylic acids is 2. The van der Waals surface area contributed by atoms with Crippen LogP contribution >= 0.6 is 0 Å². The maximum absolute atomic E-state index is 13.3. The van der Waals surface area contributed by atoms with Gasteiger partial charge in [0.15, 0.2) is 0 Å². The van der Waals surface area contributed by atoms with E-state index < -0.39 is 11.7 Å². The third-order valence-corrected chi connectivity index (χ3v) is 6.29. The Bertz CT molecular complexity index is 1120. The molecule has 0 N–H and O–H groups in total. The van der Waals surface area contributed by atoms with Crippen LogP contribution in [0.2, 0.25) is 0 Å². The summed E-state index contributed by atoms with van der Waals surface area (Å²) in [5.41, 5.74) is 1.09. The van der Waals surface area contributed by atoms with Crippen LogP contribution in [0.3, 0.4) is 0 Å². The number of hydrogen-bond donors (Lipinski definition) is 0. The molecule has 1 fully saturated rings. The van der Waals surface area contributed by atoms with Gasteiger partial charge in [0.2, 0.25) is 11.7 Å². The van der Waals surface area contributed by atoms with E-state index in [2.05, 4.69) is 4.98 Å². The van der Waals surface area contributed by atoms with Gasteiger partial charge in [-0.2, -0.15) is 13.2 Å². The van der Waals surface area contributed by atoms with Gasteiger partial charge in [0, 0.05) is 30.4 Å². The van der Waals surface area contributed by atoms with E-state index >= 15 is 0 Å². The van der Waals surface area contributed by atoms with Crippen LogP contribution in [0.1, 0.15) is 60.8 Å². The first kappa shape index (κ1) is 22.3. The molecule has 2 aromatic heterocycles. The van der Waals surface area contributed by atoms with Gasteiger partial charge in [-0.15, -0.1) is 0 Å². The smallest absolute Gasteiger partial charge is 0.339 e. The molecule has 32 heavy (non-hydrogen) atoms. The van der Waals surface area contributed by atoms with Crippen molar-refractivity contribution in [2.45, 2.75) is 52.1 Å². The number of allylic oxidation sites excluding steroid dienone is 3. The van der Waals surface area contributed by atoms with E-state index in [1.807, 2.05) is 11.8 Å². The molecule has 0 saturated carbocycles. The van der Waals surface area contributed by atoms with Crippen molar-refractivity contribution in [3.05, 3.63) is 58.6 Å². The number of amides is 1. The maximum atomic E-state index is 13.3. The van der Waals surface area contributed by atoms with Gasteiger partial charge in [-0.3, -0.25) is 14.0 Å². The van der Waals surface area contributed by atoms with E-state index in [4.69, 9.17) is 0 Å². The van der Waals surface area contributed by atoms with Crippen LogP contribution in [0.5, 0.6) is 0 Å². The molecule has 170 valence electrons. The zero-order valence-electron chi connectivity index (χ0n) is 18.2. The summed E-state index contributed by atoms with van der Waals surface area (Å²) in [4.78, 5) is 32.4. The van der Waals surface area contributed by atoms with Crippen molar-refractivity contribution in [1.29, 1.82) is 0 Å². The van der Waals surface area contributed by atoms with Gasteiger partial charge in [-0.05, 0) is 44.2 Å². The van der Waals surface area contributed by atoms with Gasteiger partial charge in [0.05, 0.1) is 11.3 Å². The molecule has 3 heterocycles. The molecule has 1 aliphatic carbocycles. The molecule has 1 unspecified atom stereocenters. The van der Waals surface area contributed by atoms with Gasteiger partial charge in [-0.25, -0.2) is 4.98 Å². The molecule has 8 heteroatoms. The molecule has 0 radical (unpaired) electrons. The van der Waals surface area contributed by atoms with Crippen LogP contribution < -0.4 is 0 Å². The third-order valence-electron chi connectivity index (χ3n) is 6.29. The lowest BCUT2D eigenvalue weighted by Gasteiger charge is -2.27. The van der Waals surface area contributed by atoms with Gasteiger partial charge in [0.25, 0.3) is 0 Å². The van der Waals surface area contributed by atoms with Crippen LogP contribution in [0.25, 0.3) is 5.65 Å². The topological polar surface area (TPSA) is 54.7 Å². The largest absolute Gasteiger partial charge is 0.417 e. The lowest BCUT2D eigenvalue weighted by Crippen LogP contribution is -2.35. The summed E-state index contributed by atoms with van der Waals surface area (Å²) in [6.45, 7) is 5.03. The Morgan fingerprint density at radius 1 is 1.06 bits per heavy atom. The van der Waals surface area contributed by atoms with E-state index in [1.54, 1.807) is 19.1 Å². The number of carbonyl (C=O) groups is 2. The number of fused-ring (bicyclic) bond motifs is 1. The zero-order valence-corrected chi connectivity index (χ0v) is 18.2. The number of Topliss-reactive ketones (excluding diaryl/α,β-unsaturated/α-hetero) is 1. The third kappa shape index (κ3) is 4.23. The fourth-order valence-corrected chi connectivity index (χ4v) is 4.52. The first-order valence-electron chi connectivity index (χ1n) is 11.0. The Morgan fingerprint density at radius 3 is 2.38 bits per heavy atom. The quantitative estimate of drug-likeness (QED) is 0.615. The minimum atomic E-state index is -4.52. The molecule has 2 aromatic rings. The standard InChI is InChI=1S/C24H26F3N3O2/c1-15-13-17(7-9-19(15)23(32)29-11-5-3-4-6-12-29)22(31)21-16(2)28-20-10-8-18(14-30(20)21)24(25,26)27/h7-10,14-15H,3-6,11-13H2,1-2H3. The number of nitrogens with zero attached hydrogens (tertiary/aromatic N) is 3. The molecule has 5 nitrogen and oxygen atoms in total. The first-order chi connectivity index (χ1) is 15.2. The van der Waals surface area contributed by atoms with E-state index in [1.165, 1.54) is 10.5 Å². The number of pyridine rings is 1. The minimum Gasteiger partial charge on any atom is -0.339 e. The van der Waals surface area contributed by atoms with Crippen molar-refractivity contribution in [1.82, 2.24) is 14.3 Å². The van der Waals surface area contributed by atoms with Crippen molar-refractivity contribution in [3.63, 3.8) is 0 Å². The molecule has 1 amide bonds. The second kappa shape index (κ2) is 8.56. The number of aromatic nitrogens is 2. The lowest BCUT2D eigenvalue weighted by molar-refractivity contribution is -0.137. The minimum absolute atomic E-state index is 0.0166. The summed E-state index contributed by atoms with van der Waals surface area (Å²) in [5, 5.41) is 0. The van der Waals surface area contributed by atoms with Crippen LogP contribution in [-0.2, 0) is 11.0 Å². The molecule has 2 aliphatic rings. The molecule has 0 aromatic carbocycles. The van der Waals surface area contributed by atoms with E-state index in [9.17, 15) is 22.8 Å². The second-order valence-electron chi connectivity index (χ2n) is 8.64. The predicted octanol–water partition coefficient (Wildman–Crippen LogP) is 5.14. The van der Waals surface area contributed by atoms with Crippen molar-refractivity contribution < 1.29 is 22.8 Å². The van der Waals surface area contributed by atoms with Crippen LogP contribution in [0.4, 0.5) is 13.2 Å². The molecule has 0 spiro atoms. The summed E-state index contributed by atoms with van der Waals surface area (Å²) in [6, 6.07) is 2.23. The number of ketones is 1. The molecule has 1 aliphatic heterocycles. The zero-order chi connectivity index (χ0) is 23.0. The highest BCUT2D eigenvalue weighted by Gasteiger charge is 2.33. The predicted molar refractivity (Wildman–Crippen MR) is 114 cm³/mol. The molecular weight excluding hydrogens is 419 g/mol. The maximum Gasteiger partial charge on any atom is 0.417 e. The SMILES string of the molecule is Cc1nc2ccc(C(F)(F)F)cn2c1C(=O)C1=CC=C(C(=O)N2CCCCCC2)C(C)C1. The average molecular weight is 445 g/mol. The Morgan fingerprint density at radius 2 is 1.75 bits per heavy atom. The Kier molecular flexibility index (Phi) is 5.97. The molecule has 1 saturated heterocycles. The van der Waals surface area contributed by atoms with Crippen molar-refractivity contribution >= 4 is 17.3 Å². The Hall–Kier alpha value is -2.90. The second-order valence-corrected chi connectivity index (χ2v) is 8.64. The summed E-state index contributed by atoms with van der Waals surface area (Å²) in [6.07, 6.45) is 4.36. The van der Waals surface area contributed by atoms with Crippen molar-refractivity contribution in [3.8, 4) is 0 Å². The normalized spacial score (nSPS) is 20.0. The van der Waals surface area contributed by atoms with Crippen LogP contribution in [-0.4, -0.2) is 39.1 Å². The highest BCUT2D eigenvalue weighted by Crippen LogP contribution is 2.32. The average Bonchev–Trinajstić information content (AvgIpc) is 2.90. The van der Waals surface area contributed by atoms with Crippen molar-refractivity contribution in [2.75, 3.05) is 13.1 Å². The fourth-order valence-electron chi connectivity index (χ4n) is 4.52. The monoisotopic (exact) mass is 445 g/mol. The van der Waals surface area contributed by atoms with Gasteiger partial charge >= 0.3 is 6.18 Å². The number of alkyl halides is 3. The van der Waals surface area contributed by atoms with E-state index in [-0.39, 0.29) is 28.9 Å². The van der Waals surface area contributed by atoms with Crippen LogP contribution in [0.15, 0.2) is 41.6 Å². The summed E-state index contributed by atoms with van der Waals surface area (Å²) in [7, 11) is 0. The van der Waals surface area contributed by atoms with Gasteiger partial charge < -0.3 is 4.90 Å². The molecule has 4 rings (SSSR count). The van der Waals surface area contributed by atoms with Gasteiger partial charge in [0.1, 0.15) is 11.3 Å². The van der Waals surface area contributed by atoms with E-state index in [0.29, 0.717) is 23.3 Å². The number of halogens is 3. The molecular formula is C24H26F3N3O2. The van der Waals surface area contributed by atoms with Crippen LogP contribution in [0, 0.1) is 12.8 Å². The Labute approximate surface area is 184 Å². The highest BCUT2D eigenvalue weighted by atomic mass is 19.4. The lowest BCUT2D eigenvalue weighted by atomic mass is 9.85. The summed E-state index contributed by atoms with van der Waals surface area (Å²) >= 11 is 0. The number of imidazole rings is 1. The number of rotatable bonds is 3. The number of hydrogen-bond acceptors (Lipinski definition) is 3. The van der Waals surface area contributed by atoms with Gasteiger partial charge in [-0.1, -0.05) is 31.9 Å². The number of aryl methyl sites for hydroxylation is 1.